The molecular formula is C4H4BF3KO. The second-order valence-corrected chi connectivity index (χ2v) is 2.15. The summed E-state index contributed by atoms with van der Waals surface area (Å²) in [5.74, 6) is 0. The van der Waals surface area contributed by atoms with Gasteiger partial charge in [0, 0.05) is 51.4 Å². The minimum atomic E-state index is -2.97. The van der Waals surface area contributed by atoms with Gasteiger partial charge in [-0.05, 0) is 0 Å². The first-order valence-electron chi connectivity index (χ1n) is 2.38. The molecule has 3 radical (unpaired) electrons. The Bertz CT molecular complexity index is 144. The first kappa shape index (κ1) is 11.5. The normalized spacial score (nSPS) is 51.8. The zero-order chi connectivity index (χ0) is 7.28. The smallest absolute Gasteiger partial charge is 0.194 e. The Morgan fingerprint density at radius 3 is 1.80 bits per heavy atom. The molecule has 0 saturated heterocycles. The van der Waals surface area contributed by atoms with E-state index in [-0.39, 0.29) is 51.4 Å². The van der Waals surface area contributed by atoms with Crippen molar-refractivity contribution in [3.05, 3.63) is 0 Å². The number of halogens is 3. The fourth-order valence-electron chi connectivity index (χ4n) is 0.641. The van der Waals surface area contributed by atoms with Crippen molar-refractivity contribution in [1.82, 2.24) is 0 Å². The van der Waals surface area contributed by atoms with E-state index in [0.717, 1.165) is 0 Å². The van der Waals surface area contributed by atoms with Crippen LogP contribution in [0.4, 0.5) is 13.2 Å². The Morgan fingerprint density at radius 1 is 1.50 bits per heavy atom. The Hall–Kier alpha value is 1.45. The van der Waals surface area contributed by atoms with E-state index >= 15 is 0 Å². The number of hydrogen-bond donors (Lipinski definition) is 1. The van der Waals surface area contributed by atoms with Crippen LogP contribution in [-0.2, 0) is 0 Å². The van der Waals surface area contributed by atoms with E-state index in [1.165, 1.54) is 0 Å². The van der Waals surface area contributed by atoms with Crippen LogP contribution in [0.2, 0.25) is 0 Å². The molecule has 51 valence electrons. The molecule has 0 aliphatic heterocycles. The second-order valence-electron chi connectivity index (χ2n) is 2.15. The van der Waals surface area contributed by atoms with Crippen LogP contribution in [-0.4, -0.2) is 88.4 Å². The van der Waals surface area contributed by atoms with Crippen molar-refractivity contribution in [3.63, 3.8) is 0 Å². The summed E-state index contributed by atoms with van der Waals surface area (Å²) in [4.78, 5) is 0. The van der Waals surface area contributed by atoms with Gasteiger partial charge < -0.3 is 5.11 Å². The molecule has 0 heterocycles. The number of alkyl halides is 3. The first-order chi connectivity index (χ1) is 3.97. The Morgan fingerprint density at radius 2 is 1.80 bits per heavy atom. The van der Waals surface area contributed by atoms with Crippen LogP contribution >= 0.6 is 0 Å². The molecule has 3 unspecified atom stereocenters. The quantitative estimate of drug-likeness (QED) is 0.532. The predicted molar refractivity (Wildman–Crippen MR) is 31.2 cm³/mol. The number of aliphatic hydroxyl groups excluding tert-OH is 1. The van der Waals surface area contributed by atoms with Gasteiger partial charge in [-0.3, -0.25) is 0 Å². The van der Waals surface area contributed by atoms with Gasteiger partial charge in [0.1, 0.15) is 13.4 Å². The minimum Gasteiger partial charge on any atom is -0.393 e. The van der Waals surface area contributed by atoms with Gasteiger partial charge >= 0.3 is 0 Å². The Labute approximate surface area is 100 Å². The molecule has 10 heavy (non-hydrogen) atoms. The van der Waals surface area contributed by atoms with Gasteiger partial charge in [0.2, 0.25) is 0 Å². The topological polar surface area (TPSA) is 20.2 Å². The van der Waals surface area contributed by atoms with Gasteiger partial charge in [-0.25, -0.2) is 13.2 Å². The van der Waals surface area contributed by atoms with Crippen LogP contribution in [0, 0.1) is 0 Å². The fraction of sp³-hybridized carbons (Fsp3) is 1.00. The third-order valence-electron chi connectivity index (χ3n) is 1.55. The van der Waals surface area contributed by atoms with Crippen LogP contribution in [0.25, 0.3) is 0 Å². The molecule has 3 atom stereocenters. The van der Waals surface area contributed by atoms with Crippen molar-refractivity contribution < 1.29 is 18.3 Å². The molecule has 1 rings (SSSR count). The zero-order valence-corrected chi connectivity index (χ0v) is 8.57. The Kier molecular flexibility index (Phi) is 3.51. The second kappa shape index (κ2) is 3.07. The van der Waals surface area contributed by atoms with E-state index in [9.17, 15) is 13.2 Å². The zero-order valence-electron chi connectivity index (χ0n) is 5.44. The van der Waals surface area contributed by atoms with E-state index in [4.69, 9.17) is 5.11 Å². The summed E-state index contributed by atoms with van der Waals surface area (Å²) in [5.41, 5.74) is -5.82. The number of aliphatic hydroxyl groups is 1. The molecular weight excluding hydrogens is 171 g/mol. The number of hydrogen-bond acceptors (Lipinski definition) is 1. The molecule has 6 heteroatoms. The third kappa shape index (κ3) is 1.23. The van der Waals surface area contributed by atoms with Crippen molar-refractivity contribution in [3.8, 4) is 0 Å². The molecule has 0 bridgehead atoms. The van der Waals surface area contributed by atoms with Crippen molar-refractivity contribution >= 4 is 59.2 Å². The maximum atomic E-state index is 12.3. The van der Waals surface area contributed by atoms with Crippen molar-refractivity contribution in [2.45, 2.75) is 17.4 Å². The maximum Gasteiger partial charge on any atom is 0.194 e. The summed E-state index contributed by atoms with van der Waals surface area (Å²) in [6, 6.07) is 0. The number of rotatable bonds is 1. The molecule has 0 aromatic rings. The molecule has 1 nitrogen and oxygen atoms in total. The molecule has 1 aliphatic rings. The predicted octanol–water partition coefficient (Wildman–Crippen LogP) is -0.508. The van der Waals surface area contributed by atoms with E-state index in [1.807, 2.05) is 0 Å². The van der Waals surface area contributed by atoms with Crippen molar-refractivity contribution in [1.29, 1.82) is 0 Å². The van der Waals surface area contributed by atoms with E-state index < -0.39 is 24.0 Å². The van der Waals surface area contributed by atoms with E-state index in [0.29, 0.717) is 0 Å². The van der Waals surface area contributed by atoms with Gasteiger partial charge in [-0.2, -0.15) is 0 Å². The van der Waals surface area contributed by atoms with Crippen molar-refractivity contribution in [2.75, 3.05) is 6.61 Å². The first-order valence-corrected chi connectivity index (χ1v) is 2.38. The van der Waals surface area contributed by atoms with Crippen LogP contribution in [0.3, 0.4) is 0 Å². The third-order valence-corrected chi connectivity index (χ3v) is 1.55. The summed E-state index contributed by atoms with van der Waals surface area (Å²) in [5, 5.41) is 8.04. The van der Waals surface area contributed by atoms with E-state index in [1.54, 1.807) is 0 Å². The summed E-state index contributed by atoms with van der Waals surface area (Å²) >= 11 is 0. The monoisotopic (exact) mass is 175 g/mol. The van der Waals surface area contributed by atoms with Gasteiger partial charge in [0.25, 0.3) is 0 Å². The largest absolute Gasteiger partial charge is 0.393 e. The van der Waals surface area contributed by atoms with Crippen LogP contribution in [0.15, 0.2) is 0 Å². The molecule has 0 amide bonds. The minimum absolute atomic E-state index is 0. The van der Waals surface area contributed by atoms with Gasteiger partial charge in [-0.15, -0.1) is 0 Å². The van der Waals surface area contributed by atoms with E-state index in [2.05, 4.69) is 7.85 Å². The Balaban J connectivity index is 0.000000810. The van der Waals surface area contributed by atoms with Gasteiger partial charge in [-0.1, -0.05) is 0 Å². The molecule has 0 aromatic carbocycles. The molecule has 1 fully saturated rings. The average Bonchev–Trinajstić information content (AvgIpc) is 2.16. The summed E-state index contributed by atoms with van der Waals surface area (Å²) in [6.07, 6.45) is -2.38. The van der Waals surface area contributed by atoms with Gasteiger partial charge in [0.15, 0.2) is 11.8 Å². The SMILES string of the molecule is [B]C1(F)C(F)C1(F)CO.[K]. The van der Waals surface area contributed by atoms with Gasteiger partial charge in [0.05, 0.1) is 6.61 Å². The summed E-state index contributed by atoms with van der Waals surface area (Å²) in [7, 11) is 4.42. The fourth-order valence-corrected chi connectivity index (χ4v) is 0.641. The molecule has 0 aromatic heterocycles. The standard InChI is InChI=1S/C4H4BF3O.K/c5-4(8)2(6)3(4,7)1-9;/h2,9H,1H2;. The summed E-state index contributed by atoms with van der Waals surface area (Å²) < 4.78 is 36.3. The van der Waals surface area contributed by atoms with Crippen LogP contribution in [0.5, 0.6) is 0 Å². The molecule has 1 aliphatic carbocycles. The molecule has 0 spiro atoms. The van der Waals surface area contributed by atoms with Crippen LogP contribution in [0.1, 0.15) is 0 Å². The molecule has 1 N–H and O–H groups in total. The maximum absolute atomic E-state index is 12.3. The average molecular weight is 175 g/mol. The van der Waals surface area contributed by atoms with Crippen LogP contribution < -0.4 is 0 Å². The van der Waals surface area contributed by atoms with Crippen molar-refractivity contribution in [2.24, 2.45) is 0 Å². The molecule has 1 saturated carbocycles. The summed E-state index contributed by atoms with van der Waals surface area (Å²) in [6.45, 7) is -1.21.